The molecule has 0 atom stereocenters. The topological polar surface area (TPSA) is 68.1 Å². The Morgan fingerprint density at radius 1 is 1.08 bits per heavy atom. The Labute approximate surface area is 144 Å². The summed E-state index contributed by atoms with van der Waals surface area (Å²) in [6.07, 6.45) is 0. The minimum atomic E-state index is -3.78. The van der Waals surface area contributed by atoms with Gasteiger partial charge in [-0.05, 0) is 30.7 Å². The van der Waals surface area contributed by atoms with Gasteiger partial charge in [-0.3, -0.25) is 4.57 Å². The van der Waals surface area contributed by atoms with Crippen molar-refractivity contribution in [2.75, 3.05) is 4.31 Å². The van der Waals surface area contributed by atoms with Crippen LogP contribution in [0.15, 0.2) is 53.4 Å². The molecule has 0 radical (unpaired) electrons. The number of nitrogens with zero attached hydrogens (tertiary/aromatic N) is 4. The zero-order valence-corrected chi connectivity index (χ0v) is 14.3. The van der Waals surface area contributed by atoms with E-state index in [9.17, 15) is 8.42 Å². The van der Waals surface area contributed by atoms with Crippen molar-refractivity contribution < 1.29 is 8.42 Å². The number of hydrogen-bond donors (Lipinski definition) is 0. The van der Waals surface area contributed by atoms with Gasteiger partial charge in [0.15, 0.2) is 0 Å². The molecule has 2 heterocycles. The standard InChI is InChI=1S/C16H13ClN4O2S/c1-11-18-19-16-20(10-12-5-3-2-4-6-12)24(22,23)15-9-13(17)7-8-14(15)21(11)16/h2-9H,10H2,1H3. The maximum atomic E-state index is 13.1. The smallest absolute Gasteiger partial charge is 0.263 e. The van der Waals surface area contributed by atoms with Crippen molar-refractivity contribution in [2.45, 2.75) is 18.4 Å². The highest BCUT2D eigenvalue weighted by Crippen LogP contribution is 2.37. The Hall–Kier alpha value is -2.38. The summed E-state index contributed by atoms with van der Waals surface area (Å²) in [4.78, 5) is 0.154. The third-order valence-corrected chi connectivity index (χ3v) is 5.92. The lowest BCUT2D eigenvalue weighted by molar-refractivity contribution is 0.584. The van der Waals surface area contributed by atoms with E-state index in [1.807, 2.05) is 30.3 Å². The molecule has 0 aliphatic carbocycles. The zero-order valence-electron chi connectivity index (χ0n) is 12.7. The van der Waals surface area contributed by atoms with Crippen LogP contribution in [0.2, 0.25) is 5.02 Å². The number of rotatable bonds is 2. The first-order chi connectivity index (χ1) is 11.5. The van der Waals surface area contributed by atoms with Gasteiger partial charge in [0.05, 0.1) is 12.2 Å². The molecular weight excluding hydrogens is 348 g/mol. The molecule has 122 valence electrons. The first-order valence-electron chi connectivity index (χ1n) is 7.27. The summed E-state index contributed by atoms with van der Waals surface area (Å²) >= 11 is 6.03. The Kier molecular flexibility index (Phi) is 3.36. The SMILES string of the molecule is Cc1nnc2n1-c1ccc(Cl)cc1S(=O)(=O)N2Cc1ccccc1. The summed E-state index contributed by atoms with van der Waals surface area (Å²) in [6, 6.07) is 14.2. The third-order valence-electron chi connectivity index (χ3n) is 3.93. The molecule has 0 bridgehead atoms. The minimum absolute atomic E-state index is 0.154. The normalized spacial score (nSPS) is 15.0. The maximum Gasteiger partial charge on any atom is 0.269 e. The van der Waals surface area contributed by atoms with Gasteiger partial charge in [0.25, 0.3) is 10.0 Å². The molecule has 0 N–H and O–H groups in total. The fraction of sp³-hybridized carbons (Fsp3) is 0.125. The van der Waals surface area contributed by atoms with Crippen LogP contribution in [-0.4, -0.2) is 23.2 Å². The quantitative estimate of drug-likeness (QED) is 0.704. The van der Waals surface area contributed by atoms with Gasteiger partial charge in [-0.2, -0.15) is 0 Å². The maximum absolute atomic E-state index is 13.1. The van der Waals surface area contributed by atoms with E-state index >= 15 is 0 Å². The van der Waals surface area contributed by atoms with E-state index < -0.39 is 10.0 Å². The van der Waals surface area contributed by atoms with Crippen molar-refractivity contribution in [2.24, 2.45) is 0 Å². The van der Waals surface area contributed by atoms with Crippen molar-refractivity contribution in [3.63, 3.8) is 0 Å². The van der Waals surface area contributed by atoms with E-state index in [1.165, 1.54) is 10.4 Å². The molecule has 4 rings (SSSR count). The van der Waals surface area contributed by atoms with Gasteiger partial charge in [-0.15, -0.1) is 10.2 Å². The van der Waals surface area contributed by atoms with Gasteiger partial charge in [0.2, 0.25) is 5.95 Å². The zero-order chi connectivity index (χ0) is 16.9. The van der Waals surface area contributed by atoms with E-state index in [0.717, 1.165) is 5.56 Å². The third kappa shape index (κ3) is 2.20. The molecular formula is C16H13ClN4O2S. The Balaban J connectivity index is 1.95. The van der Waals surface area contributed by atoms with Crippen LogP contribution in [0.25, 0.3) is 5.69 Å². The summed E-state index contributed by atoms with van der Waals surface area (Å²) < 4.78 is 29.2. The van der Waals surface area contributed by atoms with Crippen LogP contribution in [0.3, 0.4) is 0 Å². The summed E-state index contributed by atoms with van der Waals surface area (Å²) in [7, 11) is -3.78. The van der Waals surface area contributed by atoms with Gasteiger partial charge in [0.1, 0.15) is 10.7 Å². The number of anilines is 1. The predicted molar refractivity (Wildman–Crippen MR) is 90.9 cm³/mol. The van der Waals surface area contributed by atoms with Crippen LogP contribution < -0.4 is 4.31 Å². The highest BCUT2D eigenvalue weighted by atomic mass is 35.5. The highest BCUT2D eigenvalue weighted by Gasteiger charge is 2.37. The second-order valence-electron chi connectivity index (χ2n) is 5.49. The van der Waals surface area contributed by atoms with Crippen LogP contribution in [0.5, 0.6) is 0 Å². The second kappa shape index (κ2) is 5.32. The molecule has 2 aromatic carbocycles. The van der Waals surface area contributed by atoms with Gasteiger partial charge < -0.3 is 0 Å². The van der Waals surface area contributed by atoms with Crippen LogP contribution in [0, 0.1) is 6.92 Å². The number of benzene rings is 2. The van der Waals surface area contributed by atoms with Crippen molar-refractivity contribution in [3.8, 4) is 5.69 Å². The fourth-order valence-electron chi connectivity index (χ4n) is 2.81. The molecule has 1 aliphatic rings. The average Bonchev–Trinajstić information content (AvgIpc) is 2.94. The largest absolute Gasteiger partial charge is 0.269 e. The Morgan fingerprint density at radius 2 is 1.83 bits per heavy atom. The molecule has 0 spiro atoms. The molecule has 0 fully saturated rings. The number of halogens is 1. The number of hydrogen-bond acceptors (Lipinski definition) is 4. The number of aryl methyl sites for hydroxylation is 1. The van der Waals surface area contributed by atoms with E-state index in [4.69, 9.17) is 11.6 Å². The lowest BCUT2D eigenvalue weighted by Gasteiger charge is -2.30. The van der Waals surface area contributed by atoms with Crippen molar-refractivity contribution in [1.29, 1.82) is 0 Å². The fourth-order valence-corrected chi connectivity index (χ4v) is 4.63. The summed E-state index contributed by atoms with van der Waals surface area (Å²) in [5, 5.41) is 8.50. The molecule has 3 aromatic rings. The highest BCUT2D eigenvalue weighted by molar-refractivity contribution is 7.93. The molecule has 1 aromatic heterocycles. The number of fused-ring (bicyclic) bond motifs is 3. The first-order valence-corrected chi connectivity index (χ1v) is 9.09. The average molecular weight is 361 g/mol. The van der Waals surface area contributed by atoms with Gasteiger partial charge in [-0.25, -0.2) is 12.7 Å². The number of aromatic nitrogens is 3. The molecule has 0 saturated heterocycles. The Morgan fingerprint density at radius 3 is 2.58 bits per heavy atom. The van der Waals surface area contributed by atoms with Crippen LogP contribution >= 0.6 is 11.6 Å². The number of sulfonamides is 1. The van der Waals surface area contributed by atoms with Gasteiger partial charge in [-0.1, -0.05) is 41.9 Å². The first kappa shape index (κ1) is 15.2. The second-order valence-corrected chi connectivity index (χ2v) is 7.76. The van der Waals surface area contributed by atoms with E-state index in [2.05, 4.69) is 10.2 Å². The van der Waals surface area contributed by atoms with Crippen molar-refractivity contribution in [1.82, 2.24) is 14.8 Å². The van der Waals surface area contributed by atoms with E-state index in [1.54, 1.807) is 23.6 Å². The Bertz CT molecular complexity index is 1030. The molecule has 0 amide bonds. The predicted octanol–water partition coefficient (Wildman–Crippen LogP) is 2.94. The van der Waals surface area contributed by atoms with Crippen LogP contribution in [-0.2, 0) is 16.6 Å². The van der Waals surface area contributed by atoms with Gasteiger partial charge in [0, 0.05) is 5.02 Å². The minimum Gasteiger partial charge on any atom is -0.263 e. The molecule has 6 nitrogen and oxygen atoms in total. The lowest BCUT2D eigenvalue weighted by atomic mass is 10.2. The van der Waals surface area contributed by atoms with Crippen LogP contribution in [0.4, 0.5) is 5.95 Å². The van der Waals surface area contributed by atoms with E-state index in [-0.39, 0.29) is 17.4 Å². The molecule has 1 aliphatic heterocycles. The van der Waals surface area contributed by atoms with Gasteiger partial charge >= 0.3 is 0 Å². The van der Waals surface area contributed by atoms with Crippen LogP contribution in [0.1, 0.15) is 11.4 Å². The molecule has 8 heteroatoms. The summed E-state index contributed by atoms with van der Waals surface area (Å²) in [5.74, 6) is 0.896. The van der Waals surface area contributed by atoms with E-state index in [0.29, 0.717) is 16.5 Å². The summed E-state index contributed by atoms with van der Waals surface area (Å²) in [6.45, 7) is 1.96. The molecule has 24 heavy (non-hydrogen) atoms. The lowest BCUT2D eigenvalue weighted by Crippen LogP contribution is -2.36. The molecule has 0 unspecified atom stereocenters. The molecule has 0 saturated carbocycles. The van der Waals surface area contributed by atoms with Crippen molar-refractivity contribution >= 4 is 27.6 Å². The monoisotopic (exact) mass is 360 g/mol. The van der Waals surface area contributed by atoms with Crippen molar-refractivity contribution in [3.05, 3.63) is 64.9 Å². The summed E-state index contributed by atoms with van der Waals surface area (Å²) in [5.41, 5.74) is 1.37.